The van der Waals surface area contributed by atoms with Crippen molar-refractivity contribution >= 4 is 0 Å². The number of fused-ring (bicyclic) bond motifs is 1. The molecule has 3 atom stereocenters. The summed E-state index contributed by atoms with van der Waals surface area (Å²) in [5.74, 6) is 6.34. The molecule has 0 saturated heterocycles. The number of nitrogens with one attached hydrogen (secondary N) is 1. The summed E-state index contributed by atoms with van der Waals surface area (Å²) in [6.45, 7) is 4.52. The maximum Gasteiger partial charge on any atom is 0.0483 e. The van der Waals surface area contributed by atoms with Crippen LogP contribution >= 0.6 is 0 Å². The van der Waals surface area contributed by atoms with Gasteiger partial charge in [-0.2, -0.15) is 0 Å². The minimum absolute atomic E-state index is 0.0194. The maximum absolute atomic E-state index is 5.96. The lowest BCUT2D eigenvalue weighted by Crippen LogP contribution is -2.61. The standard InChI is InChI=1S/C16H28N4/c1-5-16(2,20(3)4)15(19-17)13-10-6-8-12-9-7-11-18-14(12)13/h7,9,11,13,15,19H,5-6,8,10,17H2,1-4H3. The molecule has 0 aliphatic heterocycles. The van der Waals surface area contributed by atoms with Gasteiger partial charge >= 0.3 is 0 Å². The highest BCUT2D eigenvalue weighted by molar-refractivity contribution is 5.28. The van der Waals surface area contributed by atoms with Crippen LogP contribution in [0.2, 0.25) is 0 Å². The van der Waals surface area contributed by atoms with Crippen LogP contribution in [0.3, 0.4) is 0 Å². The highest BCUT2D eigenvalue weighted by atomic mass is 15.3. The Bertz CT molecular complexity index is 446. The van der Waals surface area contributed by atoms with Crippen LogP contribution in [0.15, 0.2) is 18.3 Å². The summed E-state index contributed by atoms with van der Waals surface area (Å²) in [5, 5.41) is 0. The van der Waals surface area contributed by atoms with Gasteiger partial charge in [0.25, 0.3) is 0 Å². The van der Waals surface area contributed by atoms with Crippen LogP contribution < -0.4 is 11.3 Å². The molecule has 1 aliphatic rings. The van der Waals surface area contributed by atoms with Crippen molar-refractivity contribution in [2.24, 2.45) is 5.84 Å². The van der Waals surface area contributed by atoms with Crippen molar-refractivity contribution in [3.63, 3.8) is 0 Å². The van der Waals surface area contributed by atoms with Crippen molar-refractivity contribution < 1.29 is 0 Å². The number of rotatable bonds is 5. The van der Waals surface area contributed by atoms with Crippen LogP contribution in [0.1, 0.15) is 50.3 Å². The first kappa shape index (κ1) is 15.4. The van der Waals surface area contributed by atoms with E-state index in [0.717, 1.165) is 19.3 Å². The Morgan fingerprint density at radius 3 is 2.90 bits per heavy atom. The van der Waals surface area contributed by atoms with Gasteiger partial charge in [0.1, 0.15) is 0 Å². The third kappa shape index (κ3) is 2.60. The van der Waals surface area contributed by atoms with E-state index in [1.807, 2.05) is 12.3 Å². The normalized spacial score (nSPS) is 23.2. The molecule has 4 heteroatoms. The number of aromatic nitrogens is 1. The molecule has 20 heavy (non-hydrogen) atoms. The molecule has 4 nitrogen and oxygen atoms in total. The summed E-state index contributed by atoms with van der Waals surface area (Å²) in [6, 6.07) is 4.45. The highest BCUT2D eigenvalue weighted by Gasteiger charge is 2.41. The summed E-state index contributed by atoms with van der Waals surface area (Å²) in [7, 11) is 4.27. The zero-order valence-electron chi connectivity index (χ0n) is 13.2. The van der Waals surface area contributed by atoms with Crippen LogP contribution in [-0.2, 0) is 6.42 Å². The van der Waals surface area contributed by atoms with Gasteiger partial charge in [0.05, 0.1) is 0 Å². The van der Waals surface area contributed by atoms with Crippen molar-refractivity contribution in [3.8, 4) is 0 Å². The molecule has 1 aromatic rings. The second-order valence-electron chi connectivity index (χ2n) is 6.30. The third-order valence-electron chi connectivity index (χ3n) is 5.23. The number of pyridine rings is 1. The molecule has 3 N–H and O–H groups in total. The van der Waals surface area contributed by atoms with Crippen LogP contribution in [0.5, 0.6) is 0 Å². The molecule has 1 aliphatic carbocycles. The number of aryl methyl sites for hydroxylation is 1. The van der Waals surface area contributed by atoms with Crippen LogP contribution in [0.4, 0.5) is 0 Å². The van der Waals surface area contributed by atoms with Crippen molar-refractivity contribution in [1.82, 2.24) is 15.3 Å². The smallest absolute Gasteiger partial charge is 0.0483 e. The SMILES string of the molecule is CCC(C)(C(NN)C1CCCc2cccnc21)N(C)C. The van der Waals surface area contributed by atoms with E-state index in [0.29, 0.717) is 5.92 Å². The summed E-state index contributed by atoms with van der Waals surface area (Å²) in [6.07, 6.45) is 6.47. The second-order valence-corrected chi connectivity index (χ2v) is 6.30. The topological polar surface area (TPSA) is 54.2 Å². The molecule has 112 valence electrons. The molecule has 0 aromatic carbocycles. The zero-order chi connectivity index (χ0) is 14.8. The van der Waals surface area contributed by atoms with Crippen molar-refractivity contribution in [3.05, 3.63) is 29.6 Å². The van der Waals surface area contributed by atoms with Gasteiger partial charge in [-0.05, 0) is 58.3 Å². The predicted octanol–water partition coefficient (Wildman–Crippen LogP) is 2.06. The Morgan fingerprint density at radius 1 is 1.55 bits per heavy atom. The molecule has 0 amide bonds. The molecular formula is C16H28N4. The van der Waals surface area contributed by atoms with Crippen molar-refractivity contribution in [2.75, 3.05) is 14.1 Å². The number of hydrogen-bond donors (Lipinski definition) is 2. The molecule has 0 fully saturated rings. The van der Waals surface area contributed by atoms with E-state index in [9.17, 15) is 0 Å². The van der Waals surface area contributed by atoms with E-state index in [2.05, 4.69) is 49.3 Å². The Hall–Kier alpha value is -0.970. The quantitative estimate of drug-likeness (QED) is 0.638. The average molecular weight is 276 g/mol. The Kier molecular flexibility index (Phi) is 4.78. The Balaban J connectivity index is 2.38. The zero-order valence-corrected chi connectivity index (χ0v) is 13.2. The summed E-state index contributed by atoms with van der Waals surface area (Å²) < 4.78 is 0. The molecule has 1 aromatic heterocycles. The Labute approximate surface area is 122 Å². The van der Waals surface area contributed by atoms with E-state index in [1.54, 1.807) is 0 Å². The molecular weight excluding hydrogens is 248 g/mol. The average Bonchev–Trinajstić information content (AvgIpc) is 2.47. The molecule has 1 heterocycles. The lowest BCUT2D eigenvalue weighted by molar-refractivity contribution is 0.0931. The van der Waals surface area contributed by atoms with E-state index < -0.39 is 0 Å². The first-order valence-corrected chi connectivity index (χ1v) is 7.62. The monoisotopic (exact) mass is 276 g/mol. The first-order valence-electron chi connectivity index (χ1n) is 7.62. The fraction of sp³-hybridized carbons (Fsp3) is 0.688. The van der Waals surface area contributed by atoms with E-state index in [-0.39, 0.29) is 11.6 Å². The third-order valence-corrected chi connectivity index (χ3v) is 5.23. The minimum atomic E-state index is 0.0194. The molecule has 0 bridgehead atoms. The largest absolute Gasteiger partial charge is 0.302 e. The van der Waals surface area contributed by atoms with Gasteiger partial charge in [-0.3, -0.25) is 16.3 Å². The number of nitrogens with two attached hydrogens (primary N) is 1. The fourth-order valence-corrected chi connectivity index (χ4v) is 3.51. The van der Waals surface area contributed by atoms with E-state index in [4.69, 9.17) is 5.84 Å². The first-order chi connectivity index (χ1) is 9.54. The van der Waals surface area contributed by atoms with Gasteiger partial charge in [0.15, 0.2) is 0 Å². The molecule has 0 radical (unpaired) electrons. The van der Waals surface area contributed by atoms with Gasteiger partial charge < -0.3 is 4.90 Å². The maximum atomic E-state index is 5.96. The molecule has 0 spiro atoms. The van der Waals surface area contributed by atoms with Gasteiger partial charge in [-0.1, -0.05) is 13.0 Å². The van der Waals surface area contributed by atoms with E-state index >= 15 is 0 Å². The molecule has 2 rings (SSSR count). The van der Waals surface area contributed by atoms with Crippen molar-refractivity contribution in [1.29, 1.82) is 0 Å². The number of nitrogens with zero attached hydrogens (tertiary/aromatic N) is 2. The number of likely N-dealkylation sites (N-methyl/N-ethyl adjacent to an activating group) is 1. The minimum Gasteiger partial charge on any atom is -0.302 e. The fourth-order valence-electron chi connectivity index (χ4n) is 3.51. The second kappa shape index (κ2) is 6.20. The van der Waals surface area contributed by atoms with Crippen LogP contribution in [-0.4, -0.2) is 35.6 Å². The lowest BCUT2D eigenvalue weighted by atomic mass is 9.73. The van der Waals surface area contributed by atoms with Gasteiger partial charge in [0.2, 0.25) is 0 Å². The summed E-state index contributed by atoms with van der Waals surface area (Å²) in [4.78, 5) is 6.95. The van der Waals surface area contributed by atoms with Crippen LogP contribution in [0, 0.1) is 0 Å². The molecule has 3 unspecified atom stereocenters. The highest BCUT2D eigenvalue weighted by Crippen LogP contribution is 2.38. The van der Waals surface area contributed by atoms with Crippen LogP contribution in [0.25, 0.3) is 0 Å². The van der Waals surface area contributed by atoms with Gasteiger partial charge in [-0.15, -0.1) is 0 Å². The number of hydrogen-bond acceptors (Lipinski definition) is 4. The van der Waals surface area contributed by atoms with Crippen molar-refractivity contribution in [2.45, 2.75) is 57.0 Å². The number of hydrazine groups is 1. The summed E-state index contributed by atoms with van der Waals surface area (Å²) in [5.41, 5.74) is 5.75. The molecule has 0 saturated carbocycles. The summed E-state index contributed by atoms with van der Waals surface area (Å²) >= 11 is 0. The lowest BCUT2D eigenvalue weighted by Gasteiger charge is -2.46. The van der Waals surface area contributed by atoms with Gasteiger partial charge in [0, 0.05) is 29.4 Å². The predicted molar refractivity (Wildman–Crippen MR) is 83.4 cm³/mol. The Morgan fingerprint density at radius 2 is 2.30 bits per heavy atom. The van der Waals surface area contributed by atoms with Gasteiger partial charge in [-0.25, -0.2) is 0 Å². The van der Waals surface area contributed by atoms with E-state index in [1.165, 1.54) is 17.7 Å².